The molecule has 2 heterocycles. The number of aryl methyl sites for hydroxylation is 1. The first-order valence-electron chi connectivity index (χ1n) is 6.79. The lowest BCUT2D eigenvalue weighted by atomic mass is 9.98. The number of nitrogens with one attached hydrogen (secondary N) is 3. The van der Waals surface area contributed by atoms with Gasteiger partial charge in [-0.1, -0.05) is 22.9 Å². The Morgan fingerprint density at radius 3 is 2.62 bits per heavy atom. The number of halogens is 1. The second-order valence-corrected chi connectivity index (χ2v) is 5.78. The Balaban J connectivity index is 2.17. The largest absolute Gasteiger partial charge is 0.469 e. The predicted molar refractivity (Wildman–Crippen MR) is 85.6 cm³/mol. The fraction of sp³-hybridized carbons (Fsp3) is 0.267. The number of hydrogen-bond donors (Lipinski definition) is 3. The summed E-state index contributed by atoms with van der Waals surface area (Å²) in [5, 5.41) is 3.46. The smallest absolute Gasteiger partial charge is 0.323 e. The highest BCUT2D eigenvalue weighted by Crippen LogP contribution is 2.32. The van der Waals surface area contributed by atoms with Crippen LogP contribution in [0.15, 0.2) is 38.1 Å². The lowest BCUT2D eigenvalue weighted by Gasteiger charge is -2.19. The highest BCUT2D eigenvalue weighted by atomic mass is 79.9. The molecule has 0 aliphatic heterocycles. The summed E-state index contributed by atoms with van der Waals surface area (Å²) in [4.78, 5) is 17.0. The molecule has 1 unspecified atom stereocenters. The van der Waals surface area contributed by atoms with Crippen LogP contribution in [0.2, 0.25) is 0 Å². The maximum absolute atomic E-state index is 11.4. The molecule has 0 radical (unpaired) electrons. The average Bonchev–Trinajstić information content (AvgIpc) is 3.00. The van der Waals surface area contributed by atoms with Crippen molar-refractivity contribution in [1.29, 1.82) is 0 Å². The number of aromatic amines is 2. The summed E-state index contributed by atoms with van der Waals surface area (Å²) in [6.45, 7) is 4.83. The van der Waals surface area contributed by atoms with Gasteiger partial charge in [0, 0.05) is 10.0 Å². The van der Waals surface area contributed by atoms with Crippen molar-refractivity contribution in [3.05, 3.63) is 56.3 Å². The minimum absolute atomic E-state index is 0.00549. The molecule has 2 aromatic heterocycles. The first-order valence-corrected chi connectivity index (χ1v) is 7.58. The maximum atomic E-state index is 11.4. The monoisotopic (exact) mass is 349 g/mol. The topological polar surface area (TPSA) is 73.8 Å². The van der Waals surface area contributed by atoms with Crippen molar-refractivity contribution in [3.8, 4) is 0 Å². The maximum Gasteiger partial charge on any atom is 0.323 e. The summed E-state index contributed by atoms with van der Waals surface area (Å²) in [6, 6.07) is 5.88. The molecule has 0 bridgehead atoms. The van der Waals surface area contributed by atoms with Crippen LogP contribution in [0.25, 0.3) is 11.0 Å². The quantitative estimate of drug-likeness (QED) is 0.676. The van der Waals surface area contributed by atoms with Gasteiger partial charge in [0.25, 0.3) is 0 Å². The van der Waals surface area contributed by atoms with Gasteiger partial charge < -0.3 is 19.7 Å². The van der Waals surface area contributed by atoms with Gasteiger partial charge in [0.1, 0.15) is 5.76 Å². The van der Waals surface area contributed by atoms with E-state index in [1.807, 2.05) is 25.1 Å². The van der Waals surface area contributed by atoms with Gasteiger partial charge >= 0.3 is 5.69 Å². The fourth-order valence-corrected chi connectivity index (χ4v) is 3.15. The lowest BCUT2D eigenvalue weighted by molar-refractivity contribution is 0.519. The van der Waals surface area contributed by atoms with Crippen molar-refractivity contribution in [3.63, 3.8) is 0 Å². The molecule has 3 N–H and O–H groups in total. The number of aromatic nitrogens is 2. The Kier molecular flexibility index (Phi) is 3.73. The van der Waals surface area contributed by atoms with Crippen LogP contribution in [-0.2, 0) is 0 Å². The summed E-state index contributed by atoms with van der Waals surface area (Å²) < 4.78 is 6.37. The van der Waals surface area contributed by atoms with E-state index in [1.165, 1.54) is 0 Å². The second kappa shape index (κ2) is 5.54. The fourth-order valence-electron chi connectivity index (χ4n) is 2.58. The molecule has 1 aromatic carbocycles. The molecule has 3 rings (SSSR count). The van der Waals surface area contributed by atoms with E-state index in [0.717, 1.165) is 38.9 Å². The number of imidazole rings is 1. The first-order chi connectivity index (χ1) is 10.1. The SMILES string of the molecule is CCNC(c1cc2[nH]c(=O)[nH]c2cc1Br)c1ccoc1C. The van der Waals surface area contributed by atoms with E-state index >= 15 is 0 Å². The predicted octanol–water partition coefficient (Wildman–Crippen LogP) is 3.22. The van der Waals surface area contributed by atoms with Crippen LogP contribution in [0.5, 0.6) is 0 Å². The van der Waals surface area contributed by atoms with Crippen molar-refractivity contribution in [2.24, 2.45) is 0 Å². The molecule has 5 nitrogen and oxygen atoms in total. The van der Waals surface area contributed by atoms with E-state index in [9.17, 15) is 4.79 Å². The zero-order valence-corrected chi connectivity index (χ0v) is 13.4. The van der Waals surface area contributed by atoms with Crippen LogP contribution in [0.1, 0.15) is 29.9 Å². The van der Waals surface area contributed by atoms with Crippen LogP contribution >= 0.6 is 15.9 Å². The Morgan fingerprint density at radius 2 is 2.00 bits per heavy atom. The van der Waals surface area contributed by atoms with Gasteiger partial charge in [-0.3, -0.25) is 0 Å². The molecule has 0 saturated heterocycles. The zero-order valence-electron chi connectivity index (χ0n) is 11.8. The number of H-pyrrole nitrogens is 2. The van der Waals surface area contributed by atoms with E-state index in [4.69, 9.17) is 4.42 Å². The molecule has 21 heavy (non-hydrogen) atoms. The number of fused-ring (bicyclic) bond motifs is 1. The van der Waals surface area contributed by atoms with Crippen LogP contribution in [0.3, 0.4) is 0 Å². The third-order valence-corrected chi connectivity index (χ3v) is 4.25. The molecule has 1 atom stereocenters. The number of furan rings is 1. The summed E-state index contributed by atoms with van der Waals surface area (Å²) in [5.41, 5.74) is 3.53. The summed E-state index contributed by atoms with van der Waals surface area (Å²) in [5.74, 6) is 0.885. The molecule has 0 aliphatic rings. The van der Waals surface area contributed by atoms with Crippen molar-refractivity contribution in [1.82, 2.24) is 15.3 Å². The van der Waals surface area contributed by atoms with Crippen molar-refractivity contribution < 1.29 is 4.42 Å². The third kappa shape index (κ3) is 2.56. The Bertz CT molecular complexity index is 831. The lowest BCUT2D eigenvalue weighted by Crippen LogP contribution is -2.22. The van der Waals surface area contributed by atoms with Gasteiger partial charge in [-0.25, -0.2) is 4.79 Å². The minimum atomic E-state index is -0.200. The number of hydrogen-bond acceptors (Lipinski definition) is 3. The first kappa shape index (κ1) is 14.2. The van der Waals surface area contributed by atoms with Crippen molar-refractivity contribution >= 4 is 27.0 Å². The summed E-state index contributed by atoms with van der Waals surface area (Å²) >= 11 is 3.60. The van der Waals surface area contributed by atoms with Crippen LogP contribution in [0.4, 0.5) is 0 Å². The zero-order chi connectivity index (χ0) is 15.0. The summed E-state index contributed by atoms with van der Waals surface area (Å²) in [7, 11) is 0. The normalized spacial score (nSPS) is 12.9. The minimum Gasteiger partial charge on any atom is -0.469 e. The second-order valence-electron chi connectivity index (χ2n) is 4.92. The molecule has 0 amide bonds. The Labute approximate surface area is 129 Å². The van der Waals surface area contributed by atoms with Gasteiger partial charge in [-0.05, 0) is 37.2 Å². The van der Waals surface area contributed by atoms with Gasteiger partial charge in [0.2, 0.25) is 0 Å². The molecule has 0 saturated carbocycles. The Hall–Kier alpha value is -1.79. The average molecular weight is 350 g/mol. The molecule has 0 aliphatic carbocycles. The van der Waals surface area contributed by atoms with Crippen molar-refractivity contribution in [2.75, 3.05) is 6.54 Å². The molecular formula is C15H16BrN3O2. The van der Waals surface area contributed by atoms with Crippen molar-refractivity contribution in [2.45, 2.75) is 19.9 Å². The molecule has 3 aromatic rings. The molecule has 0 spiro atoms. The highest BCUT2D eigenvalue weighted by Gasteiger charge is 2.20. The van der Waals surface area contributed by atoms with E-state index in [-0.39, 0.29) is 11.7 Å². The van der Waals surface area contributed by atoms with E-state index in [2.05, 4.69) is 38.1 Å². The van der Waals surface area contributed by atoms with Gasteiger partial charge in [-0.15, -0.1) is 0 Å². The number of benzene rings is 1. The third-order valence-electron chi connectivity index (χ3n) is 3.56. The van der Waals surface area contributed by atoms with Gasteiger partial charge in [0.15, 0.2) is 0 Å². The number of rotatable bonds is 4. The molecule has 0 fully saturated rings. The molecular weight excluding hydrogens is 334 g/mol. The Morgan fingerprint density at radius 1 is 1.29 bits per heavy atom. The van der Waals surface area contributed by atoms with Gasteiger partial charge in [-0.2, -0.15) is 0 Å². The van der Waals surface area contributed by atoms with Crippen LogP contribution in [-0.4, -0.2) is 16.5 Å². The molecule has 110 valence electrons. The highest BCUT2D eigenvalue weighted by molar-refractivity contribution is 9.10. The summed E-state index contributed by atoms with van der Waals surface area (Å²) in [6.07, 6.45) is 1.69. The van der Waals surface area contributed by atoms with Gasteiger partial charge in [0.05, 0.1) is 23.3 Å². The van der Waals surface area contributed by atoms with E-state index in [1.54, 1.807) is 6.26 Å². The van der Waals surface area contributed by atoms with E-state index < -0.39 is 0 Å². The molecule has 6 heteroatoms. The van der Waals surface area contributed by atoms with Crippen LogP contribution in [0, 0.1) is 6.92 Å². The van der Waals surface area contributed by atoms with Crippen LogP contribution < -0.4 is 11.0 Å². The standard InChI is InChI=1S/C15H16BrN3O2/c1-3-17-14(9-4-5-21-8(9)2)10-6-12-13(7-11(10)16)19-15(20)18-12/h4-7,14,17H,3H2,1-2H3,(H2,18,19,20). The van der Waals surface area contributed by atoms with E-state index in [0.29, 0.717) is 0 Å².